The number of rotatable bonds is 9. The summed E-state index contributed by atoms with van der Waals surface area (Å²) in [6, 6.07) is 0.229. The number of H-pyrrole nitrogens is 1. The molecule has 1 aliphatic rings. The first kappa shape index (κ1) is 19.7. The quantitative estimate of drug-likeness (QED) is 0.652. The molecular weight excluding hydrogens is 344 g/mol. The maximum Gasteiger partial charge on any atom is 0.327 e. The number of hydrogen-bond donors (Lipinski definition) is 2. The second kappa shape index (κ2) is 9.21. The van der Waals surface area contributed by atoms with Crippen LogP contribution in [0.25, 0.3) is 11.2 Å². The number of hydrogen-bond acceptors (Lipinski definition) is 6. The van der Waals surface area contributed by atoms with Gasteiger partial charge in [0.1, 0.15) is 5.52 Å². The monoisotopic (exact) mass is 376 g/mol. The first-order valence-electron chi connectivity index (χ1n) is 10.2. The smallest absolute Gasteiger partial charge is 0.327 e. The van der Waals surface area contributed by atoms with Gasteiger partial charge in [-0.25, -0.2) is 4.79 Å². The van der Waals surface area contributed by atoms with E-state index in [1.807, 2.05) is 13.8 Å². The van der Waals surface area contributed by atoms with Crippen LogP contribution in [0.15, 0.2) is 4.79 Å². The van der Waals surface area contributed by atoms with Crippen molar-refractivity contribution >= 4 is 17.0 Å². The number of nitrogens with one attached hydrogen (secondary N) is 1. The molecule has 150 valence electrons. The number of ether oxygens (including phenoxy) is 1. The van der Waals surface area contributed by atoms with Crippen LogP contribution in [0.5, 0.6) is 6.01 Å². The Labute approximate surface area is 160 Å². The SMILES string of the molecule is CCC(C)Oc1nc(N)c2[nH]c(=O)n(CCCCCN3CCCCC3)c2n1. The molecule has 1 saturated heterocycles. The Hall–Kier alpha value is -2.09. The van der Waals surface area contributed by atoms with Gasteiger partial charge in [0.15, 0.2) is 11.5 Å². The fourth-order valence-electron chi connectivity index (χ4n) is 3.52. The molecular formula is C19H32N6O2. The van der Waals surface area contributed by atoms with Crippen molar-refractivity contribution < 1.29 is 4.74 Å². The highest BCUT2D eigenvalue weighted by Crippen LogP contribution is 2.19. The molecule has 0 spiro atoms. The lowest BCUT2D eigenvalue weighted by Crippen LogP contribution is -2.30. The largest absolute Gasteiger partial charge is 0.460 e. The first-order valence-corrected chi connectivity index (χ1v) is 10.2. The zero-order valence-corrected chi connectivity index (χ0v) is 16.5. The maximum atomic E-state index is 12.3. The fraction of sp³-hybridized carbons (Fsp3) is 0.737. The molecule has 8 nitrogen and oxygen atoms in total. The minimum absolute atomic E-state index is 0.00393. The Morgan fingerprint density at radius 2 is 1.89 bits per heavy atom. The Bertz CT molecular complexity index is 793. The van der Waals surface area contributed by atoms with E-state index >= 15 is 0 Å². The summed E-state index contributed by atoms with van der Waals surface area (Å²) in [5, 5.41) is 0. The molecule has 0 aliphatic carbocycles. The number of aryl methyl sites for hydroxylation is 1. The Balaban J connectivity index is 1.61. The van der Waals surface area contributed by atoms with Crippen LogP contribution in [-0.4, -0.2) is 50.2 Å². The van der Waals surface area contributed by atoms with E-state index in [0.29, 0.717) is 17.7 Å². The van der Waals surface area contributed by atoms with Gasteiger partial charge in [0.25, 0.3) is 0 Å². The van der Waals surface area contributed by atoms with E-state index in [1.54, 1.807) is 4.57 Å². The lowest BCUT2D eigenvalue weighted by atomic mass is 10.1. The number of nitrogen functional groups attached to an aromatic ring is 1. The normalized spacial score (nSPS) is 16.7. The number of likely N-dealkylation sites (tertiary alicyclic amines) is 1. The van der Waals surface area contributed by atoms with Gasteiger partial charge >= 0.3 is 11.7 Å². The number of nitrogens with zero attached hydrogens (tertiary/aromatic N) is 4. The van der Waals surface area contributed by atoms with E-state index < -0.39 is 0 Å². The van der Waals surface area contributed by atoms with Gasteiger partial charge in [-0.15, -0.1) is 0 Å². The van der Waals surface area contributed by atoms with Gasteiger partial charge in [0, 0.05) is 6.54 Å². The molecule has 1 aliphatic heterocycles. The van der Waals surface area contributed by atoms with Crippen molar-refractivity contribution in [3.63, 3.8) is 0 Å². The highest BCUT2D eigenvalue weighted by molar-refractivity contribution is 5.81. The summed E-state index contributed by atoms with van der Waals surface area (Å²) in [5.74, 6) is 0.249. The van der Waals surface area contributed by atoms with Gasteiger partial charge in [-0.1, -0.05) is 19.8 Å². The highest BCUT2D eigenvalue weighted by Gasteiger charge is 2.15. The number of anilines is 1. The van der Waals surface area contributed by atoms with Crippen LogP contribution >= 0.6 is 0 Å². The summed E-state index contributed by atoms with van der Waals surface area (Å²) in [4.78, 5) is 26.2. The molecule has 3 rings (SSSR count). The maximum absolute atomic E-state index is 12.3. The van der Waals surface area contributed by atoms with E-state index in [4.69, 9.17) is 10.5 Å². The summed E-state index contributed by atoms with van der Waals surface area (Å²) < 4.78 is 7.34. The molecule has 27 heavy (non-hydrogen) atoms. The zero-order valence-electron chi connectivity index (χ0n) is 16.5. The van der Waals surface area contributed by atoms with E-state index in [9.17, 15) is 4.79 Å². The lowest BCUT2D eigenvalue weighted by molar-refractivity contribution is 0.200. The lowest BCUT2D eigenvalue weighted by Gasteiger charge is -2.26. The summed E-state index contributed by atoms with van der Waals surface area (Å²) in [6.45, 7) is 8.23. The summed E-state index contributed by atoms with van der Waals surface area (Å²) in [7, 11) is 0. The molecule has 0 amide bonds. The number of unbranched alkanes of at least 4 members (excludes halogenated alkanes) is 2. The standard InChI is InChI=1S/C19H32N6O2/c1-3-14(2)27-18-22-16(20)15-17(23-18)25(19(26)21-15)13-9-5-8-12-24-10-6-4-7-11-24/h14H,3-13H2,1-2H3,(H,21,26)(H2,20,22,23). The van der Waals surface area contributed by atoms with Gasteiger partial charge in [-0.3, -0.25) is 4.57 Å². The molecule has 0 bridgehead atoms. The van der Waals surface area contributed by atoms with E-state index in [0.717, 1.165) is 32.2 Å². The molecule has 2 aromatic rings. The molecule has 2 aromatic heterocycles. The minimum Gasteiger partial charge on any atom is -0.460 e. The van der Waals surface area contributed by atoms with Crippen LogP contribution in [-0.2, 0) is 6.54 Å². The number of aromatic nitrogens is 4. The van der Waals surface area contributed by atoms with Gasteiger partial charge < -0.3 is 20.4 Å². The minimum atomic E-state index is -0.192. The van der Waals surface area contributed by atoms with Crippen molar-refractivity contribution in [2.45, 2.75) is 71.4 Å². The third-order valence-electron chi connectivity index (χ3n) is 5.32. The summed E-state index contributed by atoms with van der Waals surface area (Å²) >= 11 is 0. The predicted molar refractivity (Wildman–Crippen MR) is 107 cm³/mol. The molecule has 1 fully saturated rings. The third kappa shape index (κ3) is 5.00. The average Bonchev–Trinajstić information content (AvgIpc) is 2.98. The van der Waals surface area contributed by atoms with Crippen molar-refractivity contribution in [3.8, 4) is 6.01 Å². The Morgan fingerprint density at radius 3 is 2.63 bits per heavy atom. The molecule has 0 radical (unpaired) electrons. The number of piperidine rings is 1. The van der Waals surface area contributed by atoms with Gasteiger partial charge in [0.2, 0.25) is 0 Å². The van der Waals surface area contributed by atoms with Crippen molar-refractivity contribution in [2.24, 2.45) is 0 Å². The van der Waals surface area contributed by atoms with Gasteiger partial charge in [-0.05, 0) is 58.7 Å². The topological polar surface area (TPSA) is 102 Å². The predicted octanol–water partition coefficient (Wildman–Crippen LogP) is 2.54. The zero-order chi connectivity index (χ0) is 19.2. The average molecular weight is 377 g/mol. The van der Waals surface area contributed by atoms with Crippen LogP contribution in [0.4, 0.5) is 5.82 Å². The number of fused-ring (bicyclic) bond motifs is 1. The van der Waals surface area contributed by atoms with Crippen molar-refractivity contribution in [3.05, 3.63) is 10.5 Å². The number of imidazole rings is 1. The van der Waals surface area contributed by atoms with Crippen molar-refractivity contribution in [1.82, 2.24) is 24.4 Å². The molecule has 3 N–H and O–H groups in total. The molecule has 0 aromatic carbocycles. The van der Waals surface area contributed by atoms with Crippen molar-refractivity contribution in [2.75, 3.05) is 25.4 Å². The molecule has 1 unspecified atom stereocenters. The van der Waals surface area contributed by atoms with Crippen LogP contribution < -0.4 is 16.2 Å². The van der Waals surface area contributed by atoms with Crippen LogP contribution in [0.1, 0.15) is 58.8 Å². The Morgan fingerprint density at radius 1 is 1.15 bits per heavy atom. The van der Waals surface area contributed by atoms with E-state index in [2.05, 4.69) is 19.9 Å². The Kier molecular flexibility index (Phi) is 6.71. The van der Waals surface area contributed by atoms with E-state index in [-0.39, 0.29) is 23.6 Å². The van der Waals surface area contributed by atoms with Crippen LogP contribution in [0.2, 0.25) is 0 Å². The first-order chi connectivity index (χ1) is 13.1. The van der Waals surface area contributed by atoms with Crippen LogP contribution in [0.3, 0.4) is 0 Å². The molecule has 3 heterocycles. The van der Waals surface area contributed by atoms with Crippen molar-refractivity contribution in [1.29, 1.82) is 0 Å². The second-order valence-corrected chi connectivity index (χ2v) is 7.47. The van der Waals surface area contributed by atoms with E-state index in [1.165, 1.54) is 32.4 Å². The third-order valence-corrected chi connectivity index (χ3v) is 5.32. The molecule has 8 heteroatoms. The fourth-order valence-corrected chi connectivity index (χ4v) is 3.52. The second-order valence-electron chi connectivity index (χ2n) is 7.47. The molecule has 0 saturated carbocycles. The number of nitrogens with two attached hydrogens (primary N) is 1. The summed E-state index contributed by atoms with van der Waals surface area (Å²) in [6.07, 6.45) is 8.05. The number of aromatic amines is 1. The highest BCUT2D eigenvalue weighted by atomic mass is 16.5. The van der Waals surface area contributed by atoms with Gasteiger partial charge in [-0.2, -0.15) is 9.97 Å². The van der Waals surface area contributed by atoms with Crippen LogP contribution in [0, 0.1) is 0 Å². The summed E-state index contributed by atoms with van der Waals surface area (Å²) in [5.41, 5.74) is 6.82. The van der Waals surface area contributed by atoms with Gasteiger partial charge in [0.05, 0.1) is 6.10 Å². The molecule has 1 atom stereocenters.